The molecule has 1 amide bonds. The molecule has 25 heavy (non-hydrogen) atoms. The molecule has 3 rings (SSSR count). The van der Waals surface area contributed by atoms with Crippen LogP contribution in [-0.4, -0.2) is 40.4 Å². The van der Waals surface area contributed by atoms with E-state index in [9.17, 15) is 9.59 Å². The third kappa shape index (κ3) is 5.03. The lowest BCUT2D eigenvalue weighted by molar-refractivity contribution is -0.126. The maximum atomic E-state index is 12.4. The molecule has 1 fully saturated rings. The van der Waals surface area contributed by atoms with E-state index < -0.39 is 0 Å². The standard InChI is InChI=1S/C18H24N4O3/c1-13-20-15(10-17(23)21-13)6-7-19-18(24)14-4-2-8-22(11-14)12-16-5-3-9-25-16/h3,5,9-10,14H,2,4,6-8,11-12H2,1H3,(H,19,24)(H,20,21,23)/t14-/m0/s1. The highest BCUT2D eigenvalue weighted by atomic mass is 16.3. The maximum Gasteiger partial charge on any atom is 0.251 e. The molecule has 1 aliphatic heterocycles. The molecule has 0 spiro atoms. The van der Waals surface area contributed by atoms with Crippen molar-refractivity contribution in [3.8, 4) is 0 Å². The second kappa shape index (κ2) is 8.11. The monoisotopic (exact) mass is 344 g/mol. The van der Waals surface area contributed by atoms with Gasteiger partial charge in [0.25, 0.3) is 5.56 Å². The molecule has 7 heteroatoms. The first-order chi connectivity index (χ1) is 12.1. The first-order valence-corrected chi connectivity index (χ1v) is 8.69. The number of piperidine rings is 1. The fourth-order valence-electron chi connectivity index (χ4n) is 3.26. The molecule has 0 aromatic carbocycles. The van der Waals surface area contributed by atoms with E-state index >= 15 is 0 Å². The normalized spacial score (nSPS) is 18.2. The van der Waals surface area contributed by atoms with E-state index in [0.717, 1.165) is 38.2 Å². The van der Waals surface area contributed by atoms with Crippen LogP contribution in [-0.2, 0) is 17.8 Å². The predicted octanol–water partition coefficient (Wildman–Crippen LogP) is 1.24. The summed E-state index contributed by atoms with van der Waals surface area (Å²) < 4.78 is 5.39. The van der Waals surface area contributed by atoms with Gasteiger partial charge in [-0.15, -0.1) is 0 Å². The summed E-state index contributed by atoms with van der Waals surface area (Å²) in [6, 6.07) is 5.32. The third-order valence-corrected chi connectivity index (χ3v) is 4.43. The quantitative estimate of drug-likeness (QED) is 0.823. The highest BCUT2D eigenvalue weighted by molar-refractivity contribution is 5.78. The van der Waals surface area contributed by atoms with Gasteiger partial charge in [0.2, 0.25) is 5.91 Å². The Bertz CT molecular complexity index is 754. The highest BCUT2D eigenvalue weighted by Gasteiger charge is 2.25. The summed E-state index contributed by atoms with van der Waals surface area (Å²) in [6.45, 7) is 4.71. The lowest BCUT2D eigenvalue weighted by Gasteiger charge is -2.31. The molecule has 2 aromatic rings. The molecule has 2 N–H and O–H groups in total. The third-order valence-electron chi connectivity index (χ3n) is 4.43. The lowest BCUT2D eigenvalue weighted by atomic mass is 9.97. The number of likely N-dealkylation sites (tertiary alicyclic amines) is 1. The molecular weight excluding hydrogens is 320 g/mol. The van der Waals surface area contributed by atoms with Crippen LogP contribution in [0.2, 0.25) is 0 Å². The van der Waals surface area contributed by atoms with Gasteiger partial charge < -0.3 is 14.7 Å². The van der Waals surface area contributed by atoms with Crippen molar-refractivity contribution in [3.05, 3.63) is 52.1 Å². The van der Waals surface area contributed by atoms with Crippen molar-refractivity contribution in [1.82, 2.24) is 20.2 Å². The van der Waals surface area contributed by atoms with Gasteiger partial charge in [-0.3, -0.25) is 14.5 Å². The summed E-state index contributed by atoms with van der Waals surface area (Å²) in [4.78, 5) is 33.0. The van der Waals surface area contributed by atoms with Gasteiger partial charge in [-0.25, -0.2) is 4.98 Å². The minimum absolute atomic E-state index is 0.00224. The Morgan fingerprint density at radius 3 is 3.16 bits per heavy atom. The summed E-state index contributed by atoms with van der Waals surface area (Å²) in [5, 5.41) is 2.98. The fraction of sp³-hybridized carbons (Fsp3) is 0.500. The van der Waals surface area contributed by atoms with Gasteiger partial charge in [-0.05, 0) is 38.4 Å². The molecule has 0 unspecified atom stereocenters. The molecule has 0 bridgehead atoms. The van der Waals surface area contributed by atoms with Gasteiger partial charge in [0, 0.05) is 31.3 Å². The molecule has 7 nitrogen and oxygen atoms in total. The number of rotatable bonds is 6. The Morgan fingerprint density at radius 1 is 1.52 bits per heavy atom. The molecule has 0 saturated carbocycles. The summed E-state index contributed by atoms with van der Waals surface area (Å²) in [7, 11) is 0. The average Bonchev–Trinajstić information content (AvgIpc) is 3.07. The number of H-pyrrole nitrogens is 1. The summed E-state index contributed by atoms with van der Waals surface area (Å²) in [5.74, 6) is 1.59. The van der Waals surface area contributed by atoms with E-state index in [2.05, 4.69) is 20.2 Å². The smallest absolute Gasteiger partial charge is 0.251 e. The predicted molar refractivity (Wildman–Crippen MR) is 93.0 cm³/mol. The highest BCUT2D eigenvalue weighted by Crippen LogP contribution is 2.19. The van der Waals surface area contributed by atoms with Crippen LogP contribution in [0.3, 0.4) is 0 Å². The molecule has 1 atom stereocenters. The van der Waals surface area contributed by atoms with Gasteiger partial charge in [-0.1, -0.05) is 0 Å². The van der Waals surface area contributed by atoms with E-state index in [1.165, 1.54) is 6.07 Å². The second-order valence-corrected chi connectivity index (χ2v) is 6.52. The average molecular weight is 344 g/mol. The van der Waals surface area contributed by atoms with Gasteiger partial charge in [-0.2, -0.15) is 0 Å². The first-order valence-electron chi connectivity index (χ1n) is 8.69. The van der Waals surface area contributed by atoms with Gasteiger partial charge in [0.15, 0.2) is 0 Å². The topological polar surface area (TPSA) is 91.2 Å². The van der Waals surface area contributed by atoms with Crippen LogP contribution in [0.1, 0.15) is 30.1 Å². The second-order valence-electron chi connectivity index (χ2n) is 6.52. The van der Waals surface area contributed by atoms with Crippen LogP contribution in [0.15, 0.2) is 33.7 Å². The number of nitrogens with one attached hydrogen (secondary N) is 2. The number of carbonyl (C=O) groups excluding carboxylic acids is 1. The van der Waals surface area contributed by atoms with Crippen LogP contribution in [0, 0.1) is 12.8 Å². The van der Waals surface area contributed by atoms with Crippen LogP contribution in [0.4, 0.5) is 0 Å². The van der Waals surface area contributed by atoms with Gasteiger partial charge in [0.1, 0.15) is 11.6 Å². The van der Waals surface area contributed by atoms with Crippen molar-refractivity contribution < 1.29 is 9.21 Å². The van der Waals surface area contributed by atoms with Crippen molar-refractivity contribution >= 4 is 5.91 Å². The van der Waals surface area contributed by atoms with E-state index in [1.54, 1.807) is 13.2 Å². The number of furan rings is 1. The summed E-state index contributed by atoms with van der Waals surface area (Å²) >= 11 is 0. The van der Waals surface area contributed by atoms with Gasteiger partial charge >= 0.3 is 0 Å². The lowest BCUT2D eigenvalue weighted by Crippen LogP contribution is -2.43. The number of carbonyl (C=O) groups is 1. The van der Waals surface area contributed by atoms with E-state index in [0.29, 0.717) is 24.5 Å². The number of aromatic nitrogens is 2. The van der Waals surface area contributed by atoms with Crippen molar-refractivity contribution in [2.24, 2.45) is 5.92 Å². The van der Waals surface area contributed by atoms with Crippen LogP contribution < -0.4 is 10.9 Å². The van der Waals surface area contributed by atoms with E-state index in [1.807, 2.05) is 12.1 Å². The zero-order chi connectivity index (χ0) is 17.6. The summed E-state index contributed by atoms with van der Waals surface area (Å²) in [6.07, 6.45) is 4.14. The van der Waals surface area contributed by atoms with E-state index in [-0.39, 0.29) is 17.4 Å². The number of aryl methyl sites for hydroxylation is 1. The Hall–Kier alpha value is -2.41. The number of amides is 1. The van der Waals surface area contributed by atoms with Crippen LogP contribution in [0.5, 0.6) is 0 Å². The molecule has 0 radical (unpaired) electrons. The Labute approximate surface area is 146 Å². The number of hydrogen-bond donors (Lipinski definition) is 2. The zero-order valence-corrected chi connectivity index (χ0v) is 14.5. The van der Waals surface area contributed by atoms with Crippen LogP contribution >= 0.6 is 0 Å². The Kier molecular flexibility index (Phi) is 5.65. The Balaban J connectivity index is 1.46. The molecule has 3 heterocycles. The summed E-state index contributed by atoms with van der Waals surface area (Å²) in [5.41, 5.74) is 0.541. The fourth-order valence-corrected chi connectivity index (χ4v) is 3.26. The maximum absolute atomic E-state index is 12.4. The van der Waals surface area contributed by atoms with Crippen molar-refractivity contribution in [1.29, 1.82) is 0 Å². The minimum Gasteiger partial charge on any atom is -0.468 e. The first kappa shape index (κ1) is 17.4. The molecule has 2 aromatic heterocycles. The number of aromatic amines is 1. The largest absolute Gasteiger partial charge is 0.468 e. The molecule has 1 aliphatic rings. The number of hydrogen-bond acceptors (Lipinski definition) is 5. The molecule has 1 saturated heterocycles. The molecular formula is C18H24N4O3. The van der Waals surface area contributed by atoms with Crippen LogP contribution in [0.25, 0.3) is 0 Å². The minimum atomic E-state index is -0.158. The molecule has 0 aliphatic carbocycles. The van der Waals surface area contributed by atoms with E-state index in [4.69, 9.17) is 4.42 Å². The molecule has 134 valence electrons. The SMILES string of the molecule is Cc1nc(CCNC(=O)[C@H]2CCCN(Cc3ccco3)C2)cc(=O)[nH]1. The van der Waals surface area contributed by atoms with Crippen molar-refractivity contribution in [2.45, 2.75) is 32.7 Å². The Morgan fingerprint density at radius 2 is 2.40 bits per heavy atom. The van der Waals surface area contributed by atoms with Crippen molar-refractivity contribution in [3.63, 3.8) is 0 Å². The number of nitrogens with zero attached hydrogens (tertiary/aromatic N) is 2. The van der Waals surface area contributed by atoms with Crippen molar-refractivity contribution in [2.75, 3.05) is 19.6 Å². The van der Waals surface area contributed by atoms with Gasteiger partial charge in [0.05, 0.1) is 18.7 Å². The zero-order valence-electron chi connectivity index (χ0n) is 14.5.